The van der Waals surface area contributed by atoms with Gasteiger partial charge in [0, 0.05) is 17.9 Å². The molecular formula is C15H18O3. The number of esters is 1. The Bertz CT molecular complexity index is 498. The molecule has 0 N–H and O–H groups in total. The van der Waals surface area contributed by atoms with E-state index in [4.69, 9.17) is 4.74 Å². The van der Waals surface area contributed by atoms with Crippen molar-refractivity contribution >= 4 is 11.8 Å². The summed E-state index contributed by atoms with van der Waals surface area (Å²) in [6.07, 6.45) is 3.48. The van der Waals surface area contributed by atoms with Crippen LogP contribution in [0.5, 0.6) is 0 Å². The smallest absolute Gasteiger partial charge is 0.334 e. The zero-order valence-electron chi connectivity index (χ0n) is 11.0. The van der Waals surface area contributed by atoms with Crippen LogP contribution in [0.2, 0.25) is 0 Å². The van der Waals surface area contributed by atoms with E-state index in [1.807, 2.05) is 13.8 Å². The summed E-state index contributed by atoms with van der Waals surface area (Å²) in [5.41, 5.74) is 2.74. The van der Waals surface area contributed by atoms with Gasteiger partial charge in [0.25, 0.3) is 0 Å². The van der Waals surface area contributed by atoms with Gasteiger partial charge in [-0.2, -0.15) is 0 Å². The molecule has 0 saturated heterocycles. The maximum Gasteiger partial charge on any atom is 0.334 e. The molecule has 0 radical (unpaired) electrons. The van der Waals surface area contributed by atoms with Crippen molar-refractivity contribution in [2.75, 3.05) is 0 Å². The van der Waals surface area contributed by atoms with Crippen molar-refractivity contribution in [2.24, 2.45) is 17.8 Å². The molecule has 0 aromatic rings. The van der Waals surface area contributed by atoms with Crippen LogP contribution in [0.4, 0.5) is 0 Å². The standard InChI is InChI=1S/C15H18O3/c1-7-5-13-14(9(3)15(17)18-13)11-4-8(2)12(16)6-10(7)11/h4,7,10-11,13H,5-6H2,1-3H3/t7-,10+,11+,13+/m1/s1. The summed E-state index contributed by atoms with van der Waals surface area (Å²) >= 11 is 0. The van der Waals surface area contributed by atoms with Gasteiger partial charge < -0.3 is 4.74 Å². The van der Waals surface area contributed by atoms with Gasteiger partial charge >= 0.3 is 5.97 Å². The van der Waals surface area contributed by atoms with Crippen molar-refractivity contribution < 1.29 is 14.3 Å². The Morgan fingerprint density at radius 1 is 1.28 bits per heavy atom. The first-order valence-electron chi connectivity index (χ1n) is 6.62. The van der Waals surface area contributed by atoms with Crippen LogP contribution in [0.1, 0.15) is 33.6 Å². The molecule has 96 valence electrons. The van der Waals surface area contributed by atoms with E-state index in [-0.39, 0.29) is 23.8 Å². The zero-order chi connectivity index (χ0) is 13.0. The molecular weight excluding hydrogens is 228 g/mol. The molecule has 3 rings (SSSR count). The van der Waals surface area contributed by atoms with E-state index in [2.05, 4.69) is 13.0 Å². The molecule has 18 heavy (non-hydrogen) atoms. The highest BCUT2D eigenvalue weighted by Crippen LogP contribution is 2.48. The highest BCUT2D eigenvalue weighted by atomic mass is 16.5. The molecule has 0 aromatic carbocycles. The summed E-state index contributed by atoms with van der Waals surface area (Å²) in [4.78, 5) is 23.5. The Balaban J connectivity index is 2.08. The van der Waals surface area contributed by atoms with E-state index in [0.29, 0.717) is 18.3 Å². The van der Waals surface area contributed by atoms with Crippen molar-refractivity contribution in [3.05, 3.63) is 22.8 Å². The third-order valence-corrected chi connectivity index (χ3v) is 4.76. The van der Waals surface area contributed by atoms with Gasteiger partial charge in [0.05, 0.1) is 0 Å². The first-order chi connectivity index (χ1) is 8.49. The monoisotopic (exact) mass is 246 g/mol. The molecule has 4 atom stereocenters. The van der Waals surface area contributed by atoms with Crippen LogP contribution in [0.25, 0.3) is 0 Å². The van der Waals surface area contributed by atoms with Crippen LogP contribution < -0.4 is 0 Å². The molecule has 3 heteroatoms. The zero-order valence-corrected chi connectivity index (χ0v) is 11.0. The Hall–Kier alpha value is -1.38. The summed E-state index contributed by atoms with van der Waals surface area (Å²) in [5.74, 6) is 1.08. The van der Waals surface area contributed by atoms with Crippen LogP contribution in [0.15, 0.2) is 22.8 Å². The number of rotatable bonds is 0. The van der Waals surface area contributed by atoms with Gasteiger partial charge in [0.15, 0.2) is 5.78 Å². The van der Waals surface area contributed by atoms with Gasteiger partial charge in [-0.25, -0.2) is 4.79 Å². The molecule has 0 spiro atoms. The number of carbonyl (C=O) groups excluding carboxylic acids is 2. The third-order valence-electron chi connectivity index (χ3n) is 4.76. The number of carbonyl (C=O) groups is 2. The summed E-state index contributed by atoms with van der Waals surface area (Å²) in [6, 6.07) is 0. The van der Waals surface area contributed by atoms with Crippen LogP contribution in [-0.2, 0) is 14.3 Å². The third kappa shape index (κ3) is 1.49. The number of hydrogen-bond acceptors (Lipinski definition) is 3. The quantitative estimate of drug-likeness (QED) is 0.616. The SMILES string of the molecule is CC1=C[C@@H]2C3=C(C)C(=O)O[C@H]3C[C@@H](C)[C@@H]2CC1=O. The van der Waals surface area contributed by atoms with Gasteiger partial charge in [-0.1, -0.05) is 13.0 Å². The van der Waals surface area contributed by atoms with Crippen molar-refractivity contribution in [3.8, 4) is 0 Å². The summed E-state index contributed by atoms with van der Waals surface area (Å²) < 4.78 is 5.43. The van der Waals surface area contributed by atoms with Gasteiger partial charge in [-0.05, 0) is 43.3 Å². The van der Waals surface area contributed by atoms with E-state index < -0.39 is 0 Å². The average Bonchev–Trinajstić information content (AvgIpc) is 2.58. The molecule has 1 saturated carbocycles. The fraction of sp³-hybridized carbons (Fsp3) is 0.600. The maximum atomic E-state index is 11.8. The molecule has 3 aliphatic rings. The molecule has 1 aliphatic heterocycles. The maximum absolute atomic E-state index is 11.8. The van der Waals surface area contributed by atoms with Crippen molar-refractivity contribution in [1.82, 2.24) is 0 Å². The second kappa shape index (κ2) is 3.81. The number of allylic oxidation sites excluding steroid dienone is 2. The number of Topliss-reactive ketones (excluding diaryl/α,β-unsaturated/α-hetero) is 1. The number of ether oxygens (including phenoxy) is 1. The Kier molecular flexibility index (Phi) is 2.47. The van der Waals surface area contributed by atoms with Gasteiger partial charge in [0.2, 0.25) is 0 Å². The van der Waals surface area contributed by atoms with Crippen molar-refractivity contribution in [3.63, 3.8) is 0 Å². The molecule has 1 heterocycles. The van der Waals surface area contributed by atoms with E-state index in [0.717, 1.165) is 23.1 Å². The lowest BCUT2D eigenvalue weighted by atomic mass is 9.63. The predicted octanol–water partition coefficient (Wildman–Crippen LogP) is 2.42. The topological polar surface area (TPSA) is 43.4 Å². The van der Waals surface area contributed by atoms with Crippen LogP contribution in [0, 0.1) is 17.8 Å². The summed E-state index contributed by atoms with van der Waals surface area (Å²) in [5, 5.41) is 0. The van der Waals surface area contributed by atoms with Gasteiger partial charge in [0.1, 0.15) is 6.10 Å². The fourth-order valence-corrected chi connectivity index (χ4v) is 3.66. The van der Waals surface area contributed by atoms with Gasteiger partial charge in [-0.15, -0.1) is 0 Å². The largest absolute Gasteiger partial charge is 0.454 e. The molecule has 2 aliphatic carbocycles. The van der Waals surface area contributed by atoms with E-state index in [1.165, 1.54) is 0 Å². The minimum atomic E-state index is -0.175. The van der Waals surface area contributed by atoms with Crippen LogP contribution in [-0.4, -0.2) is 17.9 Å². The molecule has 1 fully saturated rings. The Labute approximate surface area is 107 Å². The second-order valence-electron chi connectivity index (χ2n) is 5.85. The average molecular weight is 246 g/mol. The second-order valence-corrected chi connectivity index (χ2v) is 5.85. The van der Waals surface area contributed by atoms with E-state index in [9.17, 15) is 9.59 Å². The first-order valence-corrected chi connectivity index (χ1v) is 6.62. The number of fused-ring (bicyclic) bond motifs is 3. The van der Waals surface area contributed by atoms with Crippen LogP contribution in [0.3, 0.4) is 0 Å². The van der Waals surface area contributed by atoms with Crippen LogP contribution >= 0.6 is 0 Å². The molecule has 0 aromatic heterocycles. The van der Waals surface area contributed by atoms with E-state index in [1.54, 1.807) is 0 Å². The van der Waals surface area contributed by atoms with Crippen molar-refractivity contribution in [1.29, 1.82) is 0 Å². The highest BCUT2D eigenvalue weighted by molar-refractivity contribution is 5.97. The highest BCUT2D eigenvalue weighted by Gasteiger charge is 2.47. The number of ketones is 1. The first kappa shape index (κ1) is 11.7. The summed E-state index contributed by atoms with van der Waals surface area (Å²) in [6.45, 7) is 5.89. The Morgan fingerprint density at radius 3 is 2.72 bits per heavy atom. The lowest BCUT2D eigenvalue weighted by Gasteiger charge is -2.41. The van der Waals surface area contributed by atoms with Crippen molar-refractivity contribution in [2.45, 2.75) is 39.7 Å². The molecule has 0 amide bonds. The summed E-state index contributed by atoms with van der Waals surface area (Å²) in [7, 11) is 0. The van der Waals surface area contributed by atoms with Gasteiger partial charge in [-0.3, -0.25) is 4.79 Å². The molecule has 3 nitrogen and oxygen atoms in total. The minimum Gasteiger partial charge on any atom is -0.454 e. The van der Waals surface area contributed by atoms with E-state index >= 15 is 0 Å². The number of hydrogen-bond donors (Lipinski definition) is 0. The normalized spacial score (nSPS) is 39.2. The fourth-order valence-electron chi connectivity index (χ4n) is 3.66. The minimum absolute atomic E-state index is 0.0500. The lowest BCUT2D eigenvalue weighted by Crippen LogP contribution is -2.38. The lowest BCUT2D eigenvalue weighted by molar-refractivity contribution is -0.141. The predicted molar refractivity (Wildman–Crippen MR) is 66.7 cm³/mol. The molecule has 0 unspecified atom stereocenters. The Morgan fingerprint density at radius 2 is 2.00 bits per heavy atom. The molecule has 0 bridgehead atoms.